The standard InChI is InChI=1S/C13H26N2O2/c1-11(2)10-15(8-5-7-14)12(16)13(3)6-4-9-17-13/h11H,4-10,14H2,1-3H3. The third kappa shape index (κ3) is 3.96. The molecule has 1 heterocycles. The number of carbonyl (C=O) groups is 1. The van der Waals surface area contributed by atoms with E-state index in [9.17, 15) is 4.79 Å². The van der Waals surface area contributed by atoms with Crippen molar-refractivity contribution in [3.05, 3.63) is 0 Å². The van der Waals surface area contributed by atoms with Crippen LogP contribution in [-0.2, 0) is 9.53 Å². The smallest absolute Gasteiger partial charge is 0.254 e. The fourth-order valence-corrected chi connectivity index (χ4v) is 2.28. The lowest BCUT2D eigenvalue weighted by Gasteiger charge is -2.32. The first-order valence-corrected chi connectivity index (χ1v) is 6.63. The van der Waals surface area contributed by atoms with Crippen LogP contribution >= 0.6 is 0 Å². The van der Waals surface area contributed by atoms with Gasteiger partial charge in [0.25, 0.3) is 5.91 Å². The van der Waals surface area contributed by atoms with Crippen molar-refractivity contribution in [1.29, 1.82) is 0 Å². The summed E-state index contributed by atoms with van der Waals surface area (Å²) in [5.41, 5.74) is 4.93. The summed E-state index contributed by atoms with van der Waals surface area (Å²) in [7, 11) is 0. The molecule has 100 valence electrons. The van der Waals surface area contributed by atoms with E-state index in [1.165, 1.54) is 0 Å². The minimum Gasteiger partial charge on any atom is -0.365 e. The number of rotatable bonds is 6. The Balaban J connectivity index is 2.63. The van der Waals surface area contributed by atoms with E-state index >= 15 is 0 Å². The zero-order chi connectivity index (χ0) is 12.9. The maximum absolute atomic E-state index is 12.5. The van der Waals surface area contributed by atoms with Gasteiger partial charge >= 0.3 is 0 Å². The lowest BCUT2D eigenvalue weighted by molar-refractivity contribution is -0.151. The molecular weight excluding hydrogens is 216 g/mol. The second kappa shape index (κ2) is 6.36. The summed E-state index contributed by atoms with van der Waals surface area (Å²) in [4.78, 5) is 14.4. The first kappa shape index (κ1) is 14.5. The summed E-state index contributed by atoms with van der Waals surface area (Å²) in [5, 5.41) is 0. The normalized spacial score (nSPS) is 24.3. The van der Waals surface area contributed by atoms with E-state index in [1.54, 1.807) is 0 Å². The van der Waals surface area contributed by atoms with E-state index in [-0.39, 0.29) is 5.91 Å². The fourth-order valence-electron chi connectivity index (χ4n) is 2.28. The molecule has 1 unspecified atom stereocenters. The van der Waals surface area contributed by atoms with Crippen LogP contribution in [0.15, 0.2) is 0 Å². The Labute approximate surface area is 104 Å². The SMILES string of the molecule is CC(C)CN(CCCN)C(=O)C1(C)CCCO1. The molecule has 0 saturated carbocycles. The van der Waals surface area contributed by atoms with Crippen LogP contribution in [-0.4, -0.2) is 42.6 Å². The molecule has 1 rings (SSSR count). The summed E-state index contributed by atoms with van der Waals surface area (Å²) in [5.74, 6) is 0.610. The second-order valence-corrected chi connectivity index (χ2v) is 5.47. The number of hydrogen-bond donors (Lipinski definition) is 1. The van der Waals surface area contributed by atoms with Gasteiger partial charge in [0.2, 0.25) is 0 Å². The lowest BCUT2D eigenvalue weighted by Crippen LogP contribution is -2.48. The molecule has 1 saturated heterocycles. The van der Waals surface area contributed by atoms with Crippen LogP contribution in [0, 0.1) is 5.92 Å². The molecule has 0 aromatic heterocycles. The van der Waals surface area contributed by atoms with E-state index in [0.29, 0.717) is 19.1 Å². The number of ether oxygens (including phenoxy) is 1. The Bertz CT molecular complexity index is 248. The van der Waals surface area contributed by atoms with Crippen LogP contribution in [0.1, 0.15) is 40.0 Å². The summed E-state index contributed by atoms with van der Waals surface area (Å²) in [6, 6.07) is 0. The first-order chi connectivity index (χ1) is 7.99. The highest BCUT2D eigenvalue weighted by molar-refractivity contribution is 5.85. The highest BCUT2D eigenvalue weighted by Gasteiger charge is 2.40. The molecule has 0 spiro atoms. The Kier molecular flexibility index (Phi) is 5.40. The minimum atomic E-state index is -0.594. The molecule has 2 N–H and O–H groups in total. The summed E-state index contributed by atoms with van der Waals surface area (Å²) in [6.07, 6.45) is 2.67. The molecule has 17 heavy (non-hydrogen) atoms. The summed E-state index contributed by atoms with van der Waals surface area (Å²) >= 11 is 0. The number of hydrogen-bond acceptors (Lipinski definition) is 3. The number of nitrogens with zero attached hydrogens (tertiary/aromatic N) is 1. The molecule has 4 nitrogen and oxygen atoms in total. The largest absolute Gasteiger partial charge is 0.365 e. The molecule has 1 atom stereocenters. The third-order valence-corrected chi connectivity index (χ3v) is 3.18. The average Bonchev–Trinajstić information content (AvgIpc) is 2.71. The van der Waals surface area contributed by atoms with Crippen LogP contribution in [0.5, 0.6) is 0 Å². The summed E-state index contributed by atoms with van der Waals surface area (Å²) < 4.78 is 5.62. The Morgan fingerprint density at radius 3 is 2.71 bits per heavy atom. The molecule has 1 aliphatic heterocycles. The Morgan fingerprint density at radius 2 is 2.24 bits per heavy atom. The zero-order valence-corrected chi connectivity index (χ0v) is 11.4. The molecule has 0 radical (unpaired) electrons. The second-order valence-electron chi connectivity index (χ2n) is 5.47. The zero-order valence-electron chi connectivity index (χ0n) is 11.4. The lowest BCUT2D eigenvalue weighted by atomic mass is 10.00. The van der Waals surface area contributed by atoms with Gasteiger partial charge in [0, 0.05) is 19.7 Å². The first-order valence-electron chi connectivity index (χ1n) is 6.63. The number of nitrogens with two attached hydrogens (primary N) is 1. The molecule has 0 aromatic rings. The summed E-state index contributed by atoms with van der Waals surface area (Å²) in [6.45, 7) is 9.03. The predicted molar refractivity (Wildman–Crippen MR) is 68.7 cm³/mol. The molecule has 0 aromatic carbocycles. The van der Waals surface area contributed by atoms with Crippen molar-refractivity contribution in [2.24, 2.45) is 11.7 Å². The predicted octanol–water partition coefficient (Wildman–Crippen LogP) is 1.39. The molecule has 1 aliphatic rings. The van der Waals surface area contributed by atoms with Crippen molar-refractivity contribution in [2.45, 2.75) is 45.6 Å². The Hall–Kier alpha value is -0.610. The van der Waals surface area contributed by atoms with Gasteiger partial charge < -0.3 is 15.4 Å². The maximum atomic E-state index is 12.5. The van der Waals surface area contributed by atoms with Crippen molar-refractivity contribution >= 4 is 5.91 Å². The van der Waals surface area contributed by atoms with Gasteiger partial charge in [0.05, 0.1) is 0 Å². The molecule has 4 heteroatoms. The van der Waals surface area contributed by atoms with Gasteiger partial charge in [-0.3, -0.25) is 4.79 Å². The van der Waals surface area contributed by atoms with Crippen LogP contribution in [0.3, 0.4) is 0 Å². The van der Waals surface area contributed by atoms with Crippen molar-refractivity contribution in [2.75, 3.05) is 26.2 Å². The molecule has 0 aliphatic carbocycles. The van der Waals surface area contributed by atoms with Gasteiger partial charge in [-0.05, 0) is 38.6 Å². The number of carbonyl (C=O) groups excluding carboxylic acids is 1. The van der Waals surface area contributed by atoms with Crippen LogP contribution in [0.25, 0.3) is 0 Å². The molecular formula is C13H26N2O2. The van der Waals surface area contributed by atoms with E-state index in [0.717, 1.165) is 32.4 Å². The van der Waals surface area contributed by atoms with Crippen LogP contribution in [0.4, 0.5) is 0 Å². The Morgan fingerprint density at radius 1 is 1.53 bits per heavy atom. The van der Waals surface area contributed by atoms with Crippen molar-refractivity contribution < 1.29 is 9.53 Å². The molecule has 0 bridgehead atoms. The number of amides is 1. The molecule has 1 fully saturated rings. The van der Waals surface area contributed by atoms with E-state index in [4.69, 9.17) is 10.5 Å². The maximum Gasteiger partial charge on any atom is 0.254 e. The molecule has 1 amide bonds. The van der Waals surface area contributed by atoms with Crippen LogP contribution < -0.4 is 5.73 Å². The van der Waals surface area contributed by atoms with Gasteiger partial charge in [-0.25, -0.2) is 0 Å². The van der Waals surface area contributed by atoms with Crippen molar-refractivity contribution in [3.8, 4) is 0 Å². The monoisotopic (exact) mass is 242 g/mol. The van der Waals surface area contributed by atoms with Crippen molar-refractivity contribution in [1.82, 2.24) is 4.90 Å². The highest BCUT2D eigenvalue weighted by atomic mass is 16.5. The van der Waals surface area contributed by atoms with Gasteiger partial charge in [-0.1, -0.05) is 13.8 Å². The third-order valence-electron chi connectivity index (χ3n) is 3.18. The quantitative estimate of drug-likeness (QED) is 0.765. The highest BCUT2D eigenvalue weighted by Crippen LogP contribution is 2.27. The van der Waals surface area contributed by atoms with Crippen molar-refractivity contribution in [3.63, 3.8) is 0 Å². The van der Waals surface area contributed by atoms with E-state index < -0.39 is 5.60 Å². The van der Waals surface area contributed by atoms with Gasteiger partial charge in [-0.15, -0.1) is 0 Å². The van der Waals surface area contributed by atoms with E-state index in [1.807, 2.05) is 11.8 Å². The fraction of sp³-hybridized carbons (Fsp3) is 0.923. The van der Waals surface area contributed by atoms with Gasteiger partial charge in [0.15, 0.2) is 0 Å². The van der Waals surface area contributed by atoms with E-state index in [2.05, 4.69) is 13.8 Å². The average molecular weight is 242 g/mol. The van der Waals surface area contributed by atoms with Gasteiger partial charge in [0.1, 0.15) is 5.60 Å². The minimum absolute atomic E-state index is 0.136. The van der Waals surface area contributed by atoms with Crippen LogP contribution in [0.2, 0.25) is 0 Å². The van der Waals surface area contributed by atoms with Gasteiger partial charge in [-0.2, -0.15) is 0 Å². The topological polar surface area (TPSA) is 55.6 Å².